The first-order valence-corrected chi connectivity index (χ1v) is 8.38. The molecule has 0 saturated carbocycles. The minimum atomic E-state index is -0.0659. The lowest BCUT2D eigenvalue weighted by Gasteiger charge is -2.10. The van der Waals surface area contributed by atoms with Crippen LogP contribution >= 0.6 is 11.3 Å². The Morgan fingerprint density at radius 2 is 2.39 bits per heavy atom. The number of ether oxygens (including phenoxy) is 2. The number of hydrogen-bond donors (Lipinski definition) is 2. The van der Waals surface area contributed by atoms with E-state index in [9.17, 15) is 4.79 Å². The summed E-state index contributed by atoms with van der Waals surface area (Å²) in [7, 11) is 1.66. The van der Waals surface area contributed by atoms with Crippen LogP contribution in [0.5, 0.6) is 0 Å². The standard InChI is InChI=1S/C15H20N4O3S/c1-9-11-13(16-4-6-21-2)17-8-18-15(11)23-12(9)14(20)19-10-3-5-22-7-10/h8,10H,3-7H2,1-2H3,(H,19,20)(H,16,17,18). The number of aromatic nitrogens is 2. The second-order valence-corrected chi connectivity index (χ2v) is 6.41. The maximum atomic E-state index is 12.5. The van der Waals surface area contributed by atoms with Crippen molar-refractivity contribution < 1.29 is 14.3 Å². The number of carbonyl (C=O) groups excluding carboxylic acids is 1. The SMILES string of the molecule is COCCNc1ncnc2sc(C(=O)NC3CCOC3)c(C)c12. The highest BCUT2D eigenvalue weighted by atomic mass is 32.1. The molecular formula is C15H20N4O3S. The van der Waals surface area contributed by atoms with Crippen LogP contribution in [0.2, 0.25) is 0 Å². The summed E-state index contributed by atoms with van der Waals surface area (Å²) >= 11 is 1.39. The van der Waals surface area contributed by atoms with Gasteiger partial charge in [-0.1, -0.05) is 0 Å². The van der Waals surface area contributed by atoms with Gasteiger partial charge in [0.1, 0.15) is 17.0 Å². The summed E-state index contributed by atoms with van der Waals surface area (Å²) in [4.78, 5) is 22.6. The molecule has 3 heterocycles. The molecule has 1 aliphatic heterocycles. The van der Waals surface area contributed by atoms with E-state index in [1.54, 1.807) is 7.11 Å². The van der Waals surface area contributed by atoms with Crippen molar-refractivity contribution >= 4 is 33.3 Å². The summed E-state index contributed by atoms with van der Waals surface area (Å²) in [5, 5.41) is 7.16. The number of hydrogen-bond acceptors (Lipinski definition) is 7. The summed E-state index contributed by atoms with van der Waals surface area (Å²) in [6.07, 6.45) is 2.37. The molecule has 0 spiro atoms. The van der Waals surface area contributed by atoms with Crippen LogP contribution in [-0.4, -0.2) is 55.4 Å². The Morgan fingerprint density at radius 3 is 3.13 bits per heavy atom. The lowest BCUT2D eigenvalue weighted by Crippen LogP contribution is -2.34. The molecule has 1 amide bonds. The normalized spacial score (nSPS) is 17.6. The van der Waals surface area contributed by atoms with Gasteiger partial charge in [0.05, 0.1) is 29.5 Å². The molecule has 0 bridgehead atoms. The second kappa shape index (κ2) is 7.20. The molecule has 8 heteroatoms. The van der Waals surface area contributed by atoms with Gasteiger partial charge in [-0.25, -0.2) is 9.97 Å². The topological polar surface area (TPSA) is 85.4 Å². The third-order valence-corrected chi connectivity index (χ3v) is 5.00. The molecule has 1 fully saturated rings. The van der Waals surface area contributed by atoms with Gasteiger partial charge in [-0.15, -0.1) is 11.3 Å². The van der Waals surface area contributed by atoms with E-state index in [0.717, 1.165) is 28.0 Å². The van der Waals surface area contributed by atoms with Crippen LogP contribution in [0, 0.1) is 6.92 Å². The van der Waals surface area contributed by atoms with Crippen LogP contribution in [0.25, 0.3) is 10.2 Å². The van der Waals surface area contributed by atoms with Crippen LogP contribution in [0.3, 0.4) is 0 Å². The first-order chi connectivity index (χ1) is 11.2. The van der Waals surface area contributed by atoms with Gasteiger partial charge in [-0.2, -0.15) is 0 Å². The van der Waals surface area contributed by atoms with Gasteiger partial charge in [0.15, 0.2) is 0 Å². The van der Waals surface area contributed by atoms with Crippen molar-refractivity contribution in [1.82, 2.24) is 15.3 Å². The summed E-state index contributed by atoms with van der Waals surface area (Å²) < 4.78 is 10.3. The fraction of sp³-hybridized carbons (Fsp3) is 0.533. The molecule has 124 valence electrons. The van der Waals surface area contributed by atoms with E-state index < -0.39 is 0 Å². The van der Waals surface area contributed by atoms with E-state index in [-0.39, 0.29) is 11.9 Å². The minimum absolute atomic E-state index is 0.0659. The predicted octanol–water partition coefficient (Wildman–Crippen LogP) is 1.58. The zero-order valence-electron chi connectivity index (χ0n) is 13.2. The highest BCUT2D eigenvalue weighted by molar-refractivity contribution is 7.20. The van der Waals surface area contributed by atoms with E-state index in [0.29, 0.717) is 31.2 Å². The number of amides is 1. The Morgan fingerprint density at radius 1 is 1.52 bits per heavy atom. The fourth-order valence-corrected chi connectivity index (χ4v) is 3.64. The van der Waals surface area contributed by atoms with Gasteiger partial charge in [0, 0.05) is 20.3 Å². The van der Waals surface area contributed by atoms with Crippen molar-refractivity contribution in [3.05, 3.63) is 16.8 Å². The van der Waals surface area contributed by atoms with Crippen molar-refractivity contribution in [2.75, 3.05) is 38.8 Å². The first kappa shape index (κ1) is 16.1. The third kappa shape index (κ3) is 3.44. The van der Waals surface area contributed by atoms with Crippen LogP contribution < -0.4 is 10.6 Å². The number of thiophene rings is 1. The minimum Gasteiger partial charge on any atom is -0.383 e. The van der Waals surface area contributed by atoms with Gasteiger partial charge in [0.25, 0.3) is 5.91 Å². The summed E-state index contributed by atoms with van der Waals surface area (Å²) in [5.41, 5.74) is 0.905. The Bertz CT molecular complexity index is 697. The number of aryl methyl sites for hydroxylation is 1. The highest BCUT2D eigenvalue weighted by Gasteiger charge is 2.23. The van der Waals surface area contributed by atoms with Crippen LogP contribution in [0.1, 0.15) is 21.7 Å². The van der Waals surface area contributed by atoms with Crippen molar-refractivity contribution in [3.63, 3.8) is 0 Å². The molecule has 23 heavy (non-hydrogen) atoms. The maximum absolute atomic E-state index is 12.5. The number of nitrogens with one attached hydrogen (secondary N) is 2. The number of carbonyl (C=O) groups is 1. The molecule has 7 nitrogen and oxygen atoms in total. The molecule has 2 N–H and O–H groups in total. The second-order valence-electron chi connectivity index (χ2n) is 5.41. The monoisotopic (exact) mass is 336 g/mol. The quantitative estimate of drug-likeness (QED) is 0.779. The van der Waals surface area contributed by atoms with Gasteiger partial charge in [-0.05, 0) is 18.9 Å². The molecule has 0 radical (unpaired) electrons. The summed E-state index contributed by atoms with van der Waals surface area (Å²) in [5.74, 6) is 0.674. The molecule has 1 saturated heterocycles. The van der Waals surface area contributed by atoms with E-state index in [1.165, 1.54) is 17.7 Å². The van der Waals surface area contributed by atoms with Crippen molar-refractivity contribution in [3.8, 4) is 0 Å². The van der Waals surface area contributed by atoms with E-state index >= 15 is 0 Å². The number of methoxy groups -OCH3 is 1. The van der Waals surface area contributed by atoms with E-state index in [1.807, 2.05) is 6.92 Å². The van der Waals surface area contributed by atoms with Gasteiger partial charge in [-0.3, -0.25) is 4.79 Å². The average Bonchev–Trinajstić information content (AvgIpc) is 3.16. The van der Waals surface area contributed by atoms with Gasteiger partial charge in [0.2, 0.25) is 0 Å². The smallest absolute Gasteiger partial charge is 0.262 e. The number of rotatable bonds is 6. The van der Waals surface area contributed by atoms with Gasteiger partial charge < -0.3 is 20.1 Å². The molecule has 1 aliphatic rings. The van der Waals surface area contributed by atoms with Crippen LogP contribution in [0.4, 0.5) is 5.82 Å². The van der Waals surface area contributed by atoms with Gasteiger partial charge >= 0.3 is 0 Å². The fourth-order valence-electron chi connectivity index (χ4n) is 2.59. The Labute approximate surface area is 138 Å². The zero-order chi connectivity index (χ0) is 16.2. The molecule has 1 atom stereocenters. The molecular weight excluding hydrogens is 316 g/mol. The predicted molar refractivity (Wildman–Crippen MR) is 89.2 cm³/mol. The highest BCUT2D eigenvalue weighted by Crippen LogP contribution is 2.33. The molecule has 0 aliphatic carbocycles. The molecule has 2 aromatic heterocycles. The average molecular weight is 336 g/mol. The third-order valence-electron chi connectivity index (χ3n) is 3.80. The number of fused-ring (bicyclic) bond motifs is 1. The van der Waals surface area contributed by atoms with Crippen molar-refractivity contribution in [2.24, 2.45) is 0 Å². The molecule has 0 aromatic carbocycles. The molecule has 3 rings (SSSR count). The molecule has 1 unspecified atom stereocenters. The summed E-state index contributed by atoms with van der Waals surface area (Å²) in [6.45, 7) is 4.46. The Hall–Kier alpha value is -1.77. The maximum Gasteiger partial charge on any atom is 0.262 e. The van der Waals surface area contributed by atoms with Crippen molar-refractivity contribution in [1.29, 1.82) is 0 Å². The first-order valence-electron chi connectivity index (χ1n) is 7.56. The lowest BCUT2D eigenvalue weighted by molar-refractivity contribution is 0.0933. The summed E-state index contributed by atoms with van der Waals surface area (Å²) in [6, 6.07) is 0.0949. The zero-order valence-corrected chi connectivity index (χ0v) is 14.0. The van der Waals surface area contributed by atoms with E-state index in [2.05, 4.69) is 20.6 Å². The van der Waals surface area contributed by atoms with Crippen molar-refractivity contribution in [2.45, 2.75) is 19.4 Å². The number of nitrogens with zero attached hydrogens (tertiary/aromatic N) is 2. The van der Waals surface area contributed by atoms with E-state index in [4.69, 9.17) is 9.47 Å². The Kier molecular flexibility index (Phi) is 5.04. The van der Waals surface area contributed by atoms with Crippen LogP contribution in [0.15, 0.2) is 6.33 Å². The molecule has 2 aromatic rings. The number of anilines is 1. The largest absolute Gasteiger partial charge is 0.383 e. The Balaban J connectivity index is 1.85. The lowest BCUT2D eigenvalue weighted by atomic mass is 10.2. The van der Waals surface area contributed by atoms with Crippen LogP contribution in [-0.2, 0) is 9.47 Å².